The van der Waals surface area contributed by atoms with Crippen LogP contribution in [0.4, 0.5) is 11.4 Å². The maximum absolute atomic E-state index is 12.8. The summed E-state index contributed by atoms with van der Waals surface area (Å²) in [6, 6.07) is 9.83. The molecule has 1 saturated heterocycles. The number of anilines is 1. The van der Waals surface area contributed by atoms with Crippen molar-refractivity contribution in [2.24, 2.45) is 0 Å². The first-order chi connectivity index (χ1) is 15.9. The van der Waals surface area contributed by atoms with Crippen molar-refractivity contribution in [2.75, 3.05) is 31.1 Å². The molecule has 0 unspecified atom stereocenters. The third-order valence-electron chi connectivity index (χ3n) is 5.53. The van der Waals surface area contributed by atoms with Gasteiger partial charge in [0.2, 0.25) is 5.91 Å². The lowest BCUT2D eigenvalue weighted by atomic mass is 10.1. The quantitative estimate of drug-likeness (QED) is 0.449. The second-order valence-electron chi connectivity index (χ2n) is 7.57. The molecule has 0 saturated carbocycles. The zero-order valence-corrected chi connectivity index (χ0v) is 18.0. The van der Waals surface area contributed by atoms with E-state index in [-0.39, 0.29) is 23.7 Å². The number of nitro groups is 1. The summed E-state index contributed by atoms with van der Waals surface area (Å²) in [4.78, 5) is 43.4. The SMILES string of the molecule is CC(=O)N1CCN(c2ccc(C(=O)NCc3cccnc3-n3cccn3)cc2[N+](=O)[O-])CC1. The molecule has 170 valence electrons. The molecule has 11 nitrogen and oxygen atoms in total. The second-order valence-corrected chi connectivity index (χ2v) is 7.57. The molecular weight excluding hydrogens is 426 g/mol. The topological polar surface area (TPSA) is 126 Å². The first-order valence-corrected chi connectivity index (χ1v) is 10.4. The van der Waals surface area contributed by atoms with E-state index in [2.05, 4.69) is 15.4 Å². The molecular formula is C22H23N7O4. The Balaban J connectivity index is 1.49. The predicted molar refractivity (Wildman–Crippen MR) is 120 cm³/mol. The van der Waals surface area contributed by atoms with Gasteiger partial charge in [0.25, 0.3) is 11.6 Å². The number of nitrogens with zero attached hydrogens (tertiary/aromatic N) is 6. The number of hydrogen-bond acceptors (Lipinski definition) is 7. The number of amides is 2. The Morgan fingerprint density at radius 2 is 1.91 bits per heavy atom. The zero-order chi connectivity index (χ0) is 23.4. The highest BCUT2D eigenvalue weighted by Gasteiger charge is 2.26. The summed E-state index contributed by atoms with van der Waals surface area (Å²) < 4.78 is 1.60. The fourth-order valence-corrected chi connectivity index (χ4v) is 3.79. The minimum absolute atomic E-state index is 0.0134. The molecule has 0 bridgehead atoms. The van der Waals surface area contributed by atoms with E-state index < -0.39 is 10.8 Å². The highest BCUT2D eigenvalue weighted by Crippen LogP contribution is 2.30. The fraction of sp³-hybridized carbons (Fsp3) is 0.273. The van der Waals surface area contributed by atoms with E-state index in [4.69, 9.17) is 0 Å². The summed E-state index contributed by atoms with van der Waals surface area (Å²) in [7, 11) is 0. The number of hydrogen-bond donors (Lipinski definition) is 1. The molecule has 3 heterocycles. The summed E-state index contributed by atoms with van der Waals surface area (Å²) in [5.41, 5.74) is 1.24. The van der Waals surface area contributed by atoms with Crippen LogP contribution in [-0.4, -0.2) is 62.6 Å². The van der Waals surface area contributed by atoms with Crippen molar-refractivity contribution in [3.8, 4) is 5.82 Å². The number of pyridine rings is 1. The Kier molecular flexibility index (Phi) is 6.29. The molecule has 1 N–H and O–H groups in total. The minimum atomic E-state index is -0.486. The standard InChI is InChI=1S/C22H23N7O4/c1-16(30)26-10-12-27(13-11-26)19-6-5-17(14-20(19)29(32)33)22(31)24-15-18-4-2-7-23-21(18)28-9-3-8-25-28/h2-9,14H,10-13,15H2,1H3,(H,24,31). The van der Waals surface area contributed by atoms with E-state index in [0.717, 1.165) is 5.56 Å². The summed E-state index contributed by atoms with van der Waals surface area (Å²) >= 11 is 0. The van der Waals surface area contributed by atoms with Gasteiger partial charge in [0.05, 0.1) is 4.92 Å². The van der Waals surface area contributed by atoms with Gasteiger partial charge < -0.3 is 15.1 Å². The molecule has 1 aliphatic rings. The molecule has 1 aromatic carbocycles. The number of carbonyl (C=O) groups is 2. The van der Waals surface area contributed by atoms with Gasteiger partial charge in [-0.15, -0.1) is 0 Å². The Morgan fingerprint density at radius 3 is 2.58 bits per heavy atom. The van der Waals surface area contributed by atoms with Gasteiger partial charge in [0.1, 0.15) is 5.69 Å². The van der Waals surface area contributed by atoms with Gasteiger partial charge in [-0.1, -0.05) is 6.07 Å². The molecule has 4 rings (SSSR count). The van der Waals surface area contributed by atoms with Crippen LogP contribution in [0.25, 0.3) is 5.82 Å². The minimum Gasteiger partial charge on any atom is -0.362 e. The van der Waals surface area contributed by atoms with Crippen LogP contribution in [0.5, 0.6) is 0 Å². The number of piperazine rings is 1. The molecule has 0 radical (unpaired) electrons. The Morgan fingerprint density at radius 1 is 1.12 bits per heavy atom. The number of benzene rings is 1. The largest absolute Gasteiger partial charge is 0.362 e. The average molecular weight is 449 g/mol. The molecule has 2 amide bonds. The lowest BCUT2D eigenvalue weighted by Crippen LogP contribution is -2.48. The fourth-order valence-electron chi connectivity index (χ4n) is 3.79. The van der Waals surface area contributed by atoms with Gasteiger partial charge in [-0.3, -0.25) is 19.7 Å². The van der Waals surface area contributed by atoms with E-state index in [1.54, 1.807) is 52.4 Å². The lowest BCUT2D eigenvalue weighted by Gasteiger charge is -2.35. The summed E-state index contributed by atoms with van der Waals surface area (Å²) in [6.07, 6.45) is 5.03. The average Bonchev–Trinajstić information content (AvgIpc) is 3.37. The van der Waals surface area contributed by atoms with Crippen LogP contribution in [-0.2, 0) is 11.3 Å². The van der Waals surface area contributed by atoms with E-state index in [1.807, 2.05) is 11.0 Å². The number of carbonyl (C=O) groups excluding carboxylic acids is 2. The lowest BCUT2D eigenvalue weighted by molar-refractivity contribution is -0.384. The van der Waals surface area contributed by atoms with Crippen molar-refractivity contribution in [1.29, 1.82) is 0 Å². The van der Waals surface area contributed by atoms with Crippen molar-refractivity contribution in [3.63, 3.8) is 0 Å². The number of aromatic nitrogens is 3. The number of nitro benzene ring substituents is 1. The predicted octanol–water partition coefficient (Wildman–Crippen LogP) is 1.77. The summed E-state index contributed by atoms with van der Waals surface area (Å²) in [5.74, 6) is 0.149. The number of nitrogens with one attached hydrogen (secondary N) is 1. The third kappa shape index (κ3) is 4.81. The van der Waals surface area contributed by atoms with Gasteiger partial charge in [-0.2, -0.15) is 5.10 Å². The first-order valence-electron chi connectivity index (χ1n) is 10.4. The van der Waals surface area contributed by atoms with Crippen LogP contribution in [0.1, 0.15) is 22.8 Å². The van der Waals surface area contributed by atoms with Crippen molar-refractivity contribution in [1.82, 2.24) is 25.0 Å². The van der Waals surface area contributed by atoms with Crippen molar-refractivity contribution in [3.05, 3.63) is 76.2 Å². The zero-order valence-electron chi connectivity index (χ0n) is 18.0. The van der Waals surface area contributed by atoms with Crippen LogP contribution in [0.2, 0.25) is 0 Å². The second kappa shape index (κ2) is 9.47. The molecule has 0 spiro atoms. The van der Waals surface area contributed by atoms with Crippen LogP contribution >= 0.6 is 0 Å². The van der Waals surface area contributed by atoms with E-state index in [1.165, 1.54) is 13.0 Å². The molecule has 0 atom stereocenters. The van der Waals surface area contributed by atoms with Gasteiger partial charge in [0.15, 0.2) is 5.82 Å². The van der Waals surface area contributed by atoms with E-state index in [0.29, 0.717) is 37.7 Å². The molecule has 0 aliphatic carbocycles. The monoisotopic (exact) mass is 449 g/mol. The van der Waals surface area contributed by atoms with E-state index >= 15 is 0 Å². The van der Waals surface area contributed by atoms with Crippen molar-refractivity contribution < 1.29 is 14.5 Å². The van der Waals surface area contributed by atoms with Crippen LogP contribution < -0.4 is 10.2 Å². The molecule has 1 aliphatic heterocycles. The van der Waals surface area contributed by atoms with Gasteiger partial charge >= 0.3 is 0 Å². The molecule has 3 aromatic rings. The van der Waals surface area contributed by atoms with Crippen molar-refractivity contribution >= 4 is 23.2 Å². The van der Waals surface area contributed by atoms with Crippen LogP contribution in [0.3, 0.4) is 0 Å². The van der Waals surface area contributed by atoms with Gasteiger partial charge in [-0.05, 0) is 24.3 Å². The highest BCUT2D eigenvalue weighted by atomic mass is 16.6. The van der Waals surface area contributed by atoms with Crippen LogP contribution in [0.15, 0.2) is 55.0 Å². The Hall–Kier alpha value is -4.28. The molecule has 1 fully saturated rings. The maximum atomic E-state index is 12.8. The molecule has 33 heavy (non-hydrogen) atoms. The molecule has 11 heteroatoms. The van der Waals surface area contributed by atoms with Crippen LogP contribution in [0, 0.1) is 10.1 Å². The Labute approximate surface area is 189 Å². The highest BCUT2D eigenvalue weighted by molar-refractivity contribution is 5.95. The first kappa shape index (κ1) is 21.9. The number of rotatable bonds is 6. The Bertz CT molecular complexity index is 1170. The van der Waals surface area contributed by atoms with E-state index in [9.17, 15) is 19.7 Å². The molecule has 2 aromatic heterocycles. The third-order valence-corrected chi connectivity index (χ3v) is 5.53. The summed E-state index contributed by atoms with van der Waals surface area (Å²) in [5, 5.41) is 18.7. The smallest absolute Gasteiger partial charge is 0.293 e. The normalized spacial score (nSPS) is 13.6. The van der Waals surface area contributed by atoms with Gasteiger partial charge in [0, 0.05) is 75.4 Å². The van der Waals surface area contributed by atoms with Crippen molar-refractivity contribution in [2.45, 2.75) is 13.5 Å². The summed E-state index contributed by atoms with van der Waals surface area (Å²) in [6.45, 7) is 3.67. The van der Waals surface area contributed by atoms with Gasteiger partial charge in [-0.25, -0.2) is 9.67 Å². The maximum Gasteiger partial charge on any atom is 0.293 e.